The second kappa shape index (κ2) is 8.38. The molecule has 0 saturated carbocycles. The van der Waals surface area contributed by atoms with Crippen LogP contribution in [0.25, 0.3) is 22.9 Å². The van der Waals surface area contributed by atoms with Crippen molar-refractivity contribution in [3.8, 4) is 5.75 Å². The van der Waals surface area contributed by atoms with Crippen LogP contribution in [0.4, 0.5) is 0 Å². The molecule has 1 aliphatic heterocycles. The molecule has 1 aromatic heterocycles. The van der Waals surface area contributed by atoms with Gasteiger partial charge in [0.25, 0.3) is 11.5 Å². The number of methoxy groups -OCH3 is 1. The number of carbonyl (C=O) groups is 1. The second-order valence-electron chi connectivity index (χ2n) is 6.85. The summed E-state index contributed by atoms with van der Waals surface area (Å²) in [5, 5.41) is 10.4. The van der Waals surface area contributed by atoms with Crippen molar-refractivity contribution in [3.05, 3.63) is 69.6 Å². The molecule has 3 aromatic rings. The summed E-state index contributed by atoms with van der Waals surface area (Å²) in [6.07, 6.45) is 1.31. The third kappa shape index (κ3) is 4.04. The Morgan fingerprint density at radius 2 is 2.00 bits per heavy atom. The Labute approximate surface area is 172 Å². The number of aromatic amines is 1. The molecule has 2 heterocycles. The van der Waals surface area contributed by atoms with Crippen molar-refractivity contribution in [2.75, 3.05) is 33.4 Å². The van der Waals surface area contributed by atoms with E-state index < -0.39 is 5.56 Å². The molecule has 1 fully saturated rings. The standard InChI is InChI=1S/C22H21N3O5/c1-29-16-4-2-3-14(11-16)20(26)13-19-21(27)24-18-12-15(5-6-17(18)23-19)22(28)25-7-9-30-10-8-25/h2-6,11-13,26H,7-10H2,1H3,(H,24,27). The molecule has 0 atom stereocenters. The Morgan fingerprint density at radius 3 is 2.77 bits per heavy atom. The number of carbonyl (C=O) groups excluding carboxylic acids is 1. The molecule has 30 heavy (non-hydrogen) atoms. The number of fused-ring (bicyclic) bond motifs is 1. The van der Waals surface area contributed by atoms with Gasteiger partial charge < -0.3 is 24.5 Å². The van der Waals surface area contributed by atoms with E-state index in [1.165, 1.54) is 13.2 Å². The van der Waals surface area contributed by atoms with Crippen molar-refractivity contribution < 1.29 is 19.4 Å². The monoisotopic (exact) mass is 407 g/mol. The number of nitrogens with zero attached hydrogens (tertiary/aromatic N) is 2. The molecule has 1 aliphatic rings. The van der Waals surface area contributed by atoms with E-state index in [1.54, 1.807) is 47.4 Å². The maximum Gasteiger partial charge on any atom is 0.274 e. The molecule has 1 amide bonds. The van der Waals surface area contributed by atoms with Gasteiger partial charge in [0.2, 0.25) is 0 Å². The average molecular weight is 407 g/mol. The quantitative estimate of drug-likeness (QED) is 0.644. The minimum atomic E-state index is -0.465. The van der Waals surface area contributed by atoms with Crippen molar-refractivity contribution >= 4 is 28.8 Å². The van der Waals surface area contributed by atoms with E-state index in [-0.39, 0.29) is 17.4 Å². The van der Waals surface area contributed by atoms with Gasteiger partial charge in [-0.1, -0.05) is 12.1 Å². The minimum Gasteiger partial charge on any atom is -0.507 e. The third-order valence-corrected chi connectivity index (χ3v) is 4.90. The molecule has 4 rings (SSSR count). The number of morpholine rings is 1. The first-order chi connectivity index (χ1) is 14.5. The number of benzene rings is 2. The molecular weight excluding hydrogens is 386 g/mol. The zero-order valence-electron chi connectivity index (χ0n) is 16.4. The van der Waals surface area contributed by atoms with Crippen LogP contribution in [0.5, 0.6) is 5.75 Å². The van der Waals surface area contributed by atoms with Crippen LogP contribution in [-0.4, -0.2) is 59.3 Å². The summed E-state index contributed by atoms with van der Waals surface area (Å²) < 4.78 is 10.4. The predicted molar refractivity (Wildman–Crippen MR) is 113 cm³/mol. The van der Waals surface area contributed by atoms with E-state index >= 15 is 0 Å². The van der Waals surface area contributed by atoms with Crippen molar-refractivity contribution in [1.82, 2.24) is 14.9 Å². The lowest BCUT2D eigenvalue weighted by Crippen LogP contribution is -2.40. The summed E-state index contributed by atoms with van der Waals surface area (Å²) >= 11 is 0. The van der Waals surface area contributed by atoms with E-state index in [2.05, 4.69) is 9.97 Å². The van der Waals surface area contributed by atoms with Crippen molar-refractivity contribution in [2.45, 2.75) is 0 Å². The van der Waals surface area contributed by atoms with Crippen LogP contribution >= 0.6 is 0 Å². The first-order valence-corrected chi connectivity index (χ1v) is 9.51. The van der Waals surface area contributed by atoms with Crippen LogP contribution in [0.3, 0.4) is 0 Å². The molecule has 8 heteroatoms. The predicted octanol–water partition coefficient (Wildman–Crippen LogP) is 2.46. The number of aromatic nitrogens is 2. The van der Waals surface area contributed by atoms with E-state index in [1.807, 2.05) is 0 Å². The highest BCUT2D eigenvalue weighted by molar-refractivity contribution is 5.97. The van der Waals surface area contributed by atoms with Crippen molar-refractivity contribution in [3.63, 3.8) is 0 Å². The van der Waals surface area contributed by atoms with E-state index in [0.29, 0.717) is 54.2 Å². The molecule has 2 N–H and O–H groups in total. The number of hydrogen-bond donors (Lipinski definition) is 2. The third-order valence-electron chi connectivity index (χ3n) is 4.90. The van der Waals surface area contributed by atoms with Gasteiger partial charge in [-0.3, -0.25) is 9.59 Å². The summed E-state index contributed by atoms with van der Waals surface area (Å²) in [6.45, 7) is 2.12. The molecule has 1 saturated heterocycles. The molecule has 0 radical (unpaired) electrons. The highest BCUT2D eigenvalue weighted by atomic mass is 16.5. The van der Waals surface area contributed by atoms with Gasteiger partial charge in [0.05, 0.1) is 31.4 Å². The fraction of sp³-hybridized carbons (Fsp3) is 0.227. The topological polar surface area (TPSA) is 105 Å². The van der Waals surface area contributed by atoms with Crippen molar-refractivity contribution in [2.24, 2.45) is 0 Å². The van der Waals surface area contributed by atoms with Crippen LogP contribution in [0.15, 0.2) is 47.3 Å². The number of hydrogen-bond acceptors (Lipinski definition) is 6. The highest BCUT2D eigenvalue weighted by Gasteiger charge is 2.19. The van der Waals surface area contributed by atoms with Gasteiger partial charge in [-0.2, -0.15) is 0 Å². The lowest BCUT2D eigenvalue weighted by Gasteiger charge is -2.26. The number of nitrogens with one attached hydrogen (secondary N) is 1. The highest BCUT2D eigenvalue weighted by Crippen LogP contribution is 2.20. The van der Waals surface area contributed by atoms with Gasteiger partial charge in [-0.05, 0) is 30.3 Å². The number of ether oxygens (including phenoxy) is 2. The van der Waals surface area contributed by atoms with E-state index in [4.69, 9.17) is 9.47 Å². The van der Waals surface area contributed by atoms with Crippen LogP contribution in [-0.2, 0) is 4.74 Å². The zero-order valence-corrected chi connectivity index (χ0v) is 16.4. The number of rotatable bonds is 4. The van der Waals surface area contributed by atoms with Crippen LogP contribution in [0.1, 0.15) is 21.6 Å². The first kappa shape index (κ1) is 19.7. The summed E-state index contributed by atoms with van der Waals surface area (Å²) in [5.41, 5.74) is 1.55. The van der Waals surface area contributed by atoms with Crippen LogP contribution in [0, 0.1) is 0 Å². The Bertz CT molecular complexity index is 1180. The smallest absolute Gasteiger partial charge is 0.274 e. The maximum absolute atomic E-state index is 12.7. The van der Waals surface area contributed by atoms with Gasteiger partial charge in [-0.15, -0.1) is 0 Å². The lowest BCUT2D eigenvalue weighted by atomic mass is 10.1. The summed E-state index contributed by atoms with van der Waals surface area (Å²) in [4.78, 5) is 34.0. The number of aliphatic hydroxyl groups is 1. The molecule has 0 spiro atoms. The van der Waals surface area contributed by atoms with E-state index in [9.17, 15) is 14.7 Å². The fourth-order valence-corrected chi connectivity index (χ4v) is 3.28. The number of aliphatic hydroxyl groups excluding tert-OH is 1. The molecule has 0 aliphatic carbocycles. The molecule has 0 bridgehead atoms. The van der Waals surface area contributed by atoms with Crippen LogP contribution < -0.4 is 10.3 Å². The summed E-state index contributed by atoms with van der Waals surface area (Å²) in [5.74, 6) is 0.372. The lowest BCUT2D eigenvalue weighted by molar-refractivity contribution is 0.0303. The van der Waals surface area contributed by atoms with E-state index in [0.717, 1.165) is 0 Å². The van der Waals surface area contributed by atoms with Gasteiger partial charge in [0, 0.05) is 30.3 Å². The molecule has 0 unspecified atom stereocenters. The SMILES string of the molecule is COc1cccc(C(O)=Cc2nc3ccc(C(=O)N4CCOCC4)cc3[nH]c2=O)c1. The van der Waals surface area contributed by atoms with Gasteiger partial charge in [0.1, 0.15) is 17.2 Å². The maximum atomic E-state index is 12.7. The zero-order chi connectivity index (χ0) is 21.1. The first-order valence-electron chi connectivity index (χ1n) is 9.51. The van der Waals surface area contributed by atoms with Crippen LogP contribution in [0.2, 0.25) is 0 Å². The average Bonchev–Trinajstić information content (AvgIpc) is 2.79. The summed E-state index contributed by atoms with van der Waals surface area (Å²) in [6, 6.07) is 11.8. The molecular formula is C22H21N3O5. The summed E-state index contributed by atoms with van der Waals surface area (Å²) in [7, 11) is 1.54. The normalized spacial score (nSPS) is 14.7. The van der Waals surface area contributed by atoms with Gasteiger partial charge in [-0.25, -0.2) is 4.98 Å². The van der Waals surface area contributed by atoms with Crippen molar-refractivity contribution in [1.29, 1.82) is 0 Å². The Hall–Kier alpha value is -3.65. The van der Waals surface area contributed by atoms with Gasteiger partial charge >= 0.3 is 0 Å². The second-order valence-corrected chi connectivity index (χ2v) is 6.85. The molecule has 154 valence electrons. The Balaban J connectivity index is 1.65. The number of amides is 1. The van der Waals surface area contributed by atoms with Gasteiger partial charge in [0.15, 0.2) is 0 Å². The number of H-pyrrole nitrogens is 1. The molecule has 8 nitrogen and oxygen atoms in total. The Morgan fingerprint density at radius 1 is 1.20 bits per heavy atom. The Kier molecular flexibility index (Phi) is 5.49. The molecule has 2 aromatic carbocycles. The minimum absolute atomic E-state index is 0.0649. The fourth-order valence-electron chi connectivity index (χ4n) is 3.28. The largest absolute Gasteiger partial charge is 0.507 e.